The van der Waals surface area contributed by atoms with E-state index < -0.39 is 0 Å². The second-order valence-electron chi connectivity index (χ2n) is 7.31. The molecule has 0 fully saturated rings. The highest BCUT2D eigenvalue weighted by Gasteiger charge is 2.17. The summed E-state index contributed by atoms with van der Waals surface area (Å²) in [5.74, 6) is 6.96. The molecule has 0 heterocycles. The summed E-state index contributed by atoms with van der Waals surface area (Å²) in [5.41, 5.74) is 1.56. The lowest BCUT2D eigenvalue weighted by Gasteiger charge is -2.17. The Morgan fingerprint density at radius 2 is 2.00 bits per heavy atom. The van der Waals surface area contributed by atoms with Crippen LogP contribution in [0.25, 0.3) is 5.57 Å². The molecular weight excluding hydrogens is 365 g/mol. The summed E-state index contributed by atoms with van der Waals surface area (Å²) in [5, 5.41) is 3.07. The van der Waals surface area contributed by atoms with Gasteiger partial charge in [0.15, 0.2) is 11.7 Å². The Balaban J connectivity index is 3.22. The normalized spacial score (nSPS) is 12.5. The summed E-state index contributed by atoms with van der Waals surface area (Å²) >= 11 is 0. The van der Waals surface area contributed by atoms with Gasteiger partial charge in [0.05, 0.1) is 6.61 Å². The summed E-state index contributed by atoms with van der Waals surface area (Å²) in [4.78, 5) is 12.3. The Kier molecular flexibility index (Phi) is 11.8. The van der Waals surface area contributed by atoms with Crippen molar-refractivity contribution >= 4 is 11.4 Å². The van der Waals surface area contributed by atoms with E-state index in [9.17, 15) is 9.18 Å². The molecule has 1 rings (SSSR count). The predicted molar refractivity (Wildman–Crippen MR) is 119 cm³/mol. The minimum absolute atomic E-state index is 0.0215. The van der Waals surface area contributed by atoms with Crippen LogP contribution in [-0.2, 0) is 4.74 Å². The van der Waals surface area contributed by atoms with Gasteiger partial charge in [-0.05, 0) is 43.4 Å². The van der Waals surface area contributed by atoms with Crippen molar-refractivity contribution in [2.75, 3.05) is 13.7 Å². The number of halogens is 1. The minimum Gasteiger partial charge on any atom is -0.479 e. The number of ketones is 1. The van der Waals surface area contributed by atoms with Crippen molar-refractivity contribution in [3.63, 3.8) is 0 Å². The van der Waals surface area contributed by atoms with Gasteiger partial charge < -0.3 is 10.1 Å². The third-order valence-corrected chi connectivity index (χ3v) is 4.94. The van der Waals surface area contributed by atoms with Gasteiger partial charge in [0.2, 0.25) is 0 Å². The zero-order chi connectivity index (χ0) is 21.6. The molecule has 0 spiro atoms. The molecule has 29 heavy (non-hydrogen) atoms. The van der Waals surface area contributed by atoms with Crippen LogP contribution in [-0.4, -0.2) is 19.4 Å². The molecule has 1 unspecified atom stereocenters. The van der Waals surface area contributed by atoms with Crippen molar-refractivity contribution in [1.29, 1.82) is 0 Å². The molecular formula is C25H36FNO2. The van der Waals surface area contributed by atoms with Gasteiger partial charge in [-0.25, -0.2) is 4.39 Å². The Bertz CT molecular complexity index is 743. The van der Waals surface area contributed by atoms with Crippen LogP contribution in [0.2, 0.25) is 0 Å². The average Bonchev–Trinajstić information content (AvgIpc) is 2.72. The summed E-state index contributed by atoms with van der Waals surface area (Å²) in [7, 11) is 1.77. The second-order valence-corrected chi connectivity index (χ2v) is 7.31. The van der Waals surface area contributed by atoms with Crippen LogP contribution < -0.4 is 5.32 Å². The van der Waals surface area contributed by atoms with Crippen molar-refractivity contribution in [1.82, 2.24) is 5.32 Å². The van der Waals surface area contributed by atoms with Crippen LogP contribution in [0.3, 0.4) is 0 Å². The number of allylic oxidation sites excluding steroid dienone is 1. The van der Waals surface area contributed by atoms with Crippen molar-refractivity contribution in [2.24, 2.45) is 5.92 Å². The monoisotopic (exact) mass is 401 g/mol. The number of carbonyl (C=O) groups excluding carboxylic acids is 1. The molecule has 0 saturated heterocycles. The lowest BCUT2D eigenvalue weighted by Crippen LogP contribution is -2.14. The van der Waals surface area contributed by atoms with E-state index in [1.165, 1.54) is 6.07 Å². The number of nitrogens with one attached hydrogen (secondary N) is 1. The van der Waals surface area contributed by atoms with E-state index in [-0.39, 0.29) is 11.6 Å². The minimum atomic E-state index is -0.373. The third-order valence-electron chi connectivity index (χ3n) is 4.94. The molecule has 0 saturated carbocycles. The molecule has 0 radical (unpaired) electrons. The first-order chi connectivity index (χ1) is 14.0. The quantitative estimate of drug-likeness (QED) is 0.192. The smallest absolute Gasteiger partial charge is 0.191 e. The van der Waals surface area contributed by atoms with Crippen LogP contribution in [0, 0.1) is 23.6 Å². The Labute approximate surface area is 176 Å². The molecule has 1 aromatic carbocycles. The number of ether oxygens (including phenoxy) is 1. The molecule has 0 amide bonds. The van der Waals surface area contributed by atoms with E-state index in [1.54, 1.807) is 19.2 Å². The van der Waals surface area contributed by atoms with Gasteiger partial charge in [-0.3, -0.25) is 4.79 Å². The van der Waals surface area contributed by atoms with E-state index in [1.807, 2.05) is 13.8 Å². The summed E-state index contributed by atoms with van der Waals surface area (Å²) in [6.07, 6.45) is 5.48. The SMILES string of the molecule is CCC#CC/C(=C(\NC)OCCCC(C)CC)c1cc(C(=O)CCC)ccc1F. The maximum atomic E-state index is 14.7. The number of benzene rings is 1. The number of Topliss-reactive ketones (excluding diaryl/α,β-unsaturated/α-hetero) is 1. The van der Waals surface area contributed by atoms with Crippen LogP contribution >= 0.6 is 0 Å². The largest absolute Gasteiger partial charge is 0.479 e. The third kappa shape index (κ3) is 8.31. The maximum absolute atomic E-state index is 14.7. The molecule has 0 aliphatic carbocycles. The fourth-order valence-corrected chi connectivity index (χ4v) is 3.00. The van der Waals surface area contributed by atoms with Crippen molar-refractivity contribution in [3.05, 3.63) is 41.0 Å². The Morgan fingerprint density at radius 3 is 2.62 bits per heavy atom. The molecule has 3 nitrogen and oxygen atoms in total. The van der Waals surface area contributed by atoms with Crippen LogP contribution in [0.1, 0.15) is 88.6 Å². The second kappa shape index (κ2) is 13.8. The van der Waals surface area contributed by atoms with Gasteiger partial charge in [0, 0.05) is 43.0 Å². The number of rotatable bonds is 12. The molecule has 1 N–H and O–H groups in total. The van der Waals surface area contributed by atoms with E-state index >= 15 is 0 Å². The molecule has 1 atom stereocenters. The lowest BCUT2D eigenvalue weighted by atomic mass is 9.97. The van der Waals surface area contributed by atoms with Gasteiger partial charge in [0.25, 0.3) is 0 Å². The van der Waals surface area contributed by atoms with Crippen molar-refractivity contribution in [2.45, 2.75) is 72.6 Å². The molecule has 160 valence electrons. The molecule has 0 aromatic heterocycles. The number of hydrogen-bond acceptors (Lipinski definition) is 3. The first kappa shape index (κ1) is 24.8. The highest BCUT2D eigenvalue weighted by Crippen LogP contribution is 2.26. The number of carbonyl (C=O) groups is 1. The fraction of sp³-hybridized carbons (Fsp3) is 0.560. The zero-order valence-corrected chi connectivity index (χ0v) is 18.7. The average molecular weight is 402 g/mol. The molecule has 0 aliphatic rings. The molecule has 0 aliphatic heterocycles. The van der Waals surface area contributed by atoms with Crippen molar-refractivity contribution < 1.29 is 13.9 Å². The van der Waals surface area contributed by atoms with E-state index in [4.69, 9.17) is 4.74 Å². The van der Waals surface area contributed by atoms with E-state index in [2.05, 4.69) is 31.0 Å². The van der Waals surface area contributed by atoms with Gasteiger partial charge in [0.1, 0.15) is 5.82 Å². The standard InChI is InChI=1S/C25H36FNO2/c1-6-9-10-14-21(25(27-5)29-17-11-13-19(4)8-3)22-18-20(15-16-23(22)26)24(28)12-7-2/h15-16,18-19,27H,6-8,11-14,17H2,1-5H3/b25-21-. The maximum Gasteiger partial charge on any atom is 0.191 e. The lowest BCUT2D eigenvalue weighted by molar-refractivity contribution is 0.0981. The predicted octanol–water partition coefficient (Wildman–Crippen LogP) is 6.34. The van der Waals surface area contributed by atoms with Crippen LogP contribution in [0.5, 0.6) is 0 Å². The van der Waals surface area contributed by atoms with Gasteiger partial charge in [-0.15, -0.1) is 5.92 Å². The Morgan fingerprint density at radius 1 is 1.24 bits per heavy atom. The summed E-state index contributed by atoms with van der Waals surface area (Å²) < 4.78 is 20.7. The number of hydrogen-bond donors (Lipinski definition) is 1. The fourth-order valence-electron chi connectivity index (χ4n) is 3.00. The van der Waals surface area contributed by atoms with Gasteiger partial charge in [-0.2, -0.15) is 0 Å². The molecule has 1 aromatic rings. The molecule has 0 bridgehead atoms. The van der Waals surface area contributed by atoms with Crippen LogP contribution in [0.15, 0.2) is 24.1 Å². The first-order valence-electron chi connectivity index (χ1n) is 10.8. The zero-order valence-electron chi connectivity index (χ0n) is 18.7. The van der Waals surface area contributed by atoms with E-state index in [0.29, 0.717) is 47.9 Å². The van der Waals surface area contributed by atoms with Crippen molar-refractivity contribution in [3.8, 4) is 11.8 Å². The topological polar surface area (TPSA) is 38.3 Å². The summed E-state index contributed by atoms with van der Waals surface area (Å²) in [6.45, 7) is 8.91. The highest BCUT2D eigenvalue weighted by atomic mass is 19.1. The molecule has 4 heteroatoms. The van der Waals surface area contributed by atoms with Gasteiger partial charge in [-0.1, -0.05) is 40.0 Å². The van der Waals surface area contributed by atoms with E-state index in [0.717, 1.165) is 32.1 Å². The highest BCUT2D eigenvalue weighted by molar-refractivity contribution is 5.97. The summed E-state index contributed by atoms with van der Waals surface area (Å²) in [6, 6.07) is 4.55. The van der Waals surface area contributed by atoms with Crippen LogP contribution in [0.4, 0.5) is 4.39 Å². The Hall–Kier alpha value is -2.28. The van der Waals surface area contributed by atoms with Gasteiger partial charge >= 0.3 is 0 Å². The first-order valence-corrected chi connectivity index (χ1v) is 10.8.